The van der Waals surface area contributed by atoms with Gasteiger partial charge in [0.05, 0.1) is 18.2 Å². The zero-order valence-corrected chi connectivity index (χ0v) is 21.9. The van der Waals surface area contributed by atoms with E-state index >= 15 is 0 Å². The van der Waals surface area contributed by atoms with E-state index in [2.05, 4.69) is 10.3 Å². The Morgan fingerprint density at radius 3 is 2.68 bits per heavy atom. The molecule has 1 saturated heterocycles. The summed E-state index contributed by atoms with van der Waals surface area (Å²) < 4.78 is 11.5. The minimum atomic E-state index is -0.284. The van der Waals surface area contributed by atoms with Crippen molar-refractivity contribution < 1.29 is 23.9 Å². The Labute approximate surface area is 220 Å². The highest BCUT2D eigenvalue weighted by molar-refractivity contribution is 6.31. The number of ketones is 1. The number of Topliss-reactive ketones (excluding diaryl/α,β-unsaturated/α-hetero) is 1. The molecule has 3 aromatic rings. The number of rotatable bonds is 9. The van der Waals surface area contributed by atoms with Crippen molar-refractivity contribution in [2.24, 2.45) is 5.92 Å². The van der Waals surface area contributed by atoms with Gasteiger partial charge in [0.1, 0.15) is 23.0 Å². The number of hydrogen-bond donors (Lipinski definition) is 1. The van der Waals surface area contributed by atoms with Crippen LogP contribution in [0.15, 0.2) is 42.6 Å². The molecular weight excluding hydrogens is 494 g/mol. The molecule has 194 valence electrons. The number of halogens is 1. The van der Waals surface area contributed by atoms with Crippen LogP contribution in [0.1, 0.15) is 42.1 Å². The normalized spacial score (nSPS) is 15.0. The van der Waals surface area contributed by atoms with Gasteiger partial charge in [0, 0.05) is 62.1 Å². The van der Waals surface area contributed by atoms with Gasteiger partial charge in [0.15, 0.2) is 0 Å². The molecule has 1 N–H and O–H groups in total. The first-order valence-electron chi connectivity index (χ1n) is 12.3. The van der Waals surface area contributed by atoms with Crippen LogP contribution in [0.5, 0.6) is 17.2 Å². The Morgan fingerprint density at radius 2 is 1.97 bits per heavy atom. The molecule has 0 radical (unpaired) electrons. The van der Waals surface area contributed by atoms with Crippen molar-refractivity contribution in [1.29, 1.82) is 0 Å². The second-order valence-electron chi connectivity index (χ2n) is 9.08. The van der Waals surface area contributed by atoms with Crippen molar-refractivity contribution in [2.75, 3.05) is 27.2 Å². The van der Waals surface area contributed by atoms with Crippen molar-refractivity contribution in [3.8, 4) is 17.2 Å². The van der Waals surface area contributed by atoms with E-state index in [1.165, 1.54) is 7.11 Å². The monoisotopic (exact) mass is 523 g/mol. The summed E-state index contributed by atoms with van der Waals surface area (Å²) >= 11 is 6.52. The van der Waals surface area contributed by atoms with Gasteiger partial charge in [-0.3, -0.25) is 19.4 Å². The Hall–Kier alpha value is -3.65. The number of methoxy groups -OCH3 is 1. The Bertz CT molecular complexity index is 1340. The molecule has 0 aliphatic carbocycles. The third-order valence-electron chi connectivity index (χ3n) is 6.59. The van der Waals surface area contributed by atoms with Crippen molar-refractivity contribution in [2.45, 2.75) is 32.6 Å². The number of likely N-dealkylation sites (tertiary alicyclic amines) is 1. The maximum atomic E-state index is 12.7. The highest BCUT2D eigenvalue weighted by atomic mass is 35.5. The van der Waals surface area contributed by atoms with Crippen LogP contribution in [-0.2, 0) is 16.0 Å². The second-order valence-corrected chi connectivity index (χ2v) is 9.49. The Morgan fingerprint density at radius 1 is 1.16 bits per heavy atom. The number of nitrogens with zero attached hydrogens (tertiary/aromatic N) is 2. The average Bonchev–Trinajstić information content (AvgIpc) is 3.37. The van der Waals surface area contributed by atoms with Crippen molar-refractivity contribution in [3.05, 3.63) is 58.7 Å². The summed E-state index contributed by atoms with van der Waals surface area (Å²) in [5.41, 5.74) is 1.71. The van der Waals surface area contributed by atoms with E-state index < -0.39 is 0 Å². The largest absolute Gasteiger partial charge is 0.496 e. The van der Waals surface area contributed by atoms with Gasteiger partial charge in [-0.1, -0.05) is 24.6 Å². The first-order chi connectivity index (χ1) is 17.8. The van der Waals surface area contributed by atoms with Gasteiger partial charge in [-0.15, -0.1) is 0 Å². The van der Waals surface area contributed by atoms with Crippen molar-refractivity contribution in [1.82, 2.24) is 15.2 Å². The summed E-state index contributed by atoms with van der Waals surface area (Å²) in [5.74, 6) is 1.56. The lowest BCUT2D eigenvalue weighted by Crippen LogP contribution is -2.28. The summed E-state index contributed by atoms with van der Waals surface area (Å²) in [7, 11) is 3.05. The molecule has 0 spiro atoms. The third kappa shape index (κ3) is 6.02. The molecule has 0 bridgehead atoms. The van der Waals surface area contributed by atoms with Crippen molar-refractivity contribution >= 4 is 40.1 Å². The summed E-state index contributed by atoms with van der Waals surface area (Å²) in [6.45, 7) is 3.22. The van der Waals surface area contributed by atoms with E-state index in [4.69, 9.17) is 21.1 Å². The molecule has 1 unspecified atom stereocenters. The fourth-order valence-electron chi connectivity index (χ4n) is 4.64. The smallest absolute Gasteiger partial charge is 0.254 e. The Kier molecular flexibility index (Phi) is 8.28. The zero-order valence-electron chi connectivity index (χ0n) is 21.2. The molecule has 1 atom stereocenters. The van der Waals surface area contributed by atoms with Crippen LogP contribution in [0.25, 0.3) is 10.9 Å². The van der Waals surface area contributed by atoms with E-state index in [9.17, 15) is 14.4 Å². The number of hydrogen-bond acceptors (Lipinski definition) is 6. The van der Waals surface area contributed by atoms with Gasteiger partial charge in [-0.05, 0) is 42.2 Å². The quantitative estimate of drug-likeness (QED) is 0.432. The molecule has 1 fully saturated rings. The number of benzene rings is 2. The molecule has 1 aliphatic rings. The molecule has 9 heteroatoms. The summed E-state index contributed by atoms with van der Waals surface area (Å²) in [5, 5.41) is 3.69. The van der Waals surface area contributed by atoms with Gasteiger partial charge in [-0.2, -0.15) is 0 Å². The number of pyridine rings is 1. The predicted molar refractivity (Wildman–Crippen MR) is 142 cm³/mol. The average molecular weight is 524 g/mol. The van der Waals surface area contributed by atoms with Crippen LogP contribution in [0.4, 0.5) is 0 Å². The fourth-order valence-corrected chi connectivity index (χ4v) is 4.87. The highest BCUT2D eigenvalue weighted by Gasteiger charge is 2.27. The fraction of sp³-hybridized carbons (Fsp3) is 0.357. The lowest BCUT2D eigenvalue weighted by Gasteiger charge is -2.15. The lowest BCUT2D eigenvalue weighted by molar-refractivity contribution is -0.130. The minimum absolute atomic E-state index is 0.0992. The molecular formula is C28H30ClN3O5. The Balaban J connectivity index is 1.47. The molecule has 2 amide bonds. The molecule has 2 aromatic carbocycles. The van der Waals surface area contributed by atoms with Crippen LogP contribution < -0.4 is 14.8 Å². The van der Waals surface area contributed by atoms with E-state index in [0.717, 1.165) is 18.5 Å². The maximum Gasteiger partial charge on any atom is 0.254 e. The van der Waals surface area contributed by atoms with Crippen LogP contribution >= 0.6 is 11.6 Å². The lowest BCUT2D eigenvalue weighted by atomic mass is 9.97. The number of amides is 2. The standard InChI is InChI=1S/C28H30ClN3O5/c1-4-27(34)32-10-8-17(16-32)11-19(33)12-18-5-6-20(13-23(18)29)37-25-7-9-31-24-15-26(36-3)22(14-21(24)25)28(35)30-2/h5-7,9,13-15,17H,4,8,10-12,16H2,1-3H3,(H,30,35). The molecule has 2 heterocycles. The topological polar surface area (TPSA) is 97.8 Å². The summed E-state index contributed by atoms with van der Waals surface area (Å²) in [6.07, 6.45) is 3.62. The maximum absolute atomic E-state index is 12.7. The van der Waals surface area contributed by atoms with E-state index in [1.54, 1.807) is 49.6 Å². The molecule has 1 aromatic heterocycles. The highest BCUT2D eigenvalue weighted by Crippen LogP contribution is 2.34. The van der Waals surface area contributed by atoms with E-state index in [0.29, 0.717) is 58.1 Å². The number of fused-ring (bicyclic) bond motifs is 1. The zero-order chi connectivity index (χ0) is 26.5. The number of ether oxygens (including phenoxy) is 2. The number of nitrogens with one attached hydrogen (secondary N) is 1. The van der Waals surface area contributed by atoms with Gasteiger partial charge >= 0.3 is 0 Å². The van der Waals surface area contributed by atoms with Gasteiger partial charge in [-0.25, -0.2) is 0 Å². The third-order valence-corrected chi connectivity index (χ3v) is 6.94. The van der Waals surface area contributed by atoms with Crippen molar-refractivity contribution in [3.63, 3.8) is 0 Å². The first kappa shape index (κ1) is 26.4. The SMILES string of the molecule is CCC(=O)N1CCC(CC(=O)Cc2ccc(Oc3ccnc4cc(OC)c(C(=O)NC)cc34)cc2Cl)C1. The van der Waals surface area contributed by atoms with Gasteiger partial charge in [0.2, 0.25) is 5.91 Å². The number of carbonyl (C=O) groups is 3. The van der Waals surface area contributed by atoms with Crippen LogP contribution in [0, 0.1) is 5.92 Å². The second kappa shape index (κ2) is 11.6. The van der Waals surface area contributed by atoms with Gasteiger partial charge < -0.3 is 19.7 Å². The molecule has 8 nitrogen and oxygen atoms in total. The molecule has 4 rings (SSSR count). The van der Waals surface area contributed by atoms with Crippen LogP contribution in [0.3, 0.4) is 0 Å². The predicted octanol–water partition coefficient (Wildman–Crippen LogP) is 4.81. The molecule has 1 aliphatic heterocycles. The minimum Gasteiger partial charge on any atom is -0.496 e. The summed E-state index contributed by atoms with van der Waals surface area (Å²) in [4.78, 5) is 43.1. The number of carbonyl (C=O) groups excluding carboxylic acids is 3. The van der Waals surface area contributed by atoms with E-state index in [1.807, 2.05) is 11.8 Å². The van der Waals surface area contributed by atoms with E-state index in [-0.39, 0.29) is 29.9 Å². The first-order valence-corrected chi connectivity index (χ1v) is 12.6. The summed E-state index contributed by atoms with van der Waals surface area (Å²) in [6, 6.07) is 10.3. The molecule has 0 saturated carbocycles. The molecule has 37 heavy (non-hydrogen) atoms. The van der Waals surface area contributed by atoms with Gasteiger partial charge in [0.25, 0.3) is 5.91 Å². The van der Waals surface area contributed by atoms with Crippen LogP contribution in [0.2, 0.25) is 5.02 Å². The van der Waals surface area contributed by atoms with Crippen LogP contribution in [-0.4, -0.2) is 54.7 Å². The number of aromatic nitrogens is 1.